The lowest BCUT2D eigenvalue weighted by Crippen LogP contribution is -2.26. The first kappa shape index (κ1) is 41.0. The average molecular weight is 942 g/mol. The maximum atomic E-state index is 6.29. The molecule has 0 unspecified atom stereocenters. The molecule has 0 bridgehead atoms. The zero-order chi connectivity index (χ0) is 48.5. The lowest BCUT2D eigenvalue weighted by atomic mass is 9.70. The Morgan fingerprint density at radius 3 is 1.27 bits per heavy atom. The molecule has 1 spiro atoms. The van der Waals surface area contributed by atoms with Crippen LogP contribution in [-0.2, 0) is 5.41 Å². The van der Waals surface area contributed by atoms with E-state index in [9.17, 15) is 0 Å². The number of hydrogen-bond donors (Lipinski definition) is 0. The Labute approximate surface area is 427 Å². The predicted molar refractivity (Wildman–Crippen MR) is 306 cm³/mol. The molecule has 0 amide bonds. The van der Waals surface area contributed by atoms with Crippen molar-refractivity contribution in [3.05, 3.63) is 283 Å². The Morgan fingerprint density at radius 2 is 0.689 bits per heavy atom. The number of hydrogen-bond acceptors (Lipinski definition) is 3. The van der Waals surface area contributed by atoms with Gasteiger partial charge in [-0.25, -0.2) is 0 Å². The van der Waals surface area contributed by atoms with E-state index in [4.69, 9.17) is 8.83 Å². The van der Waals surface area contributed by atoms with Crippen LogP contribution >= 0.6 is 0 Å². The molecule has 2 aliphatic carbocycles. The summed E-state index contributed by atoms with van der Waals surface area (Å²) in [7, 11) is 0. The van der Waals surface area contributed by atoms with E-state index in [2.05, 4.69) is 241 Å². The molecule has 0 aliphatic heterocycles. The molecule has 0 N–H and O–H groups in total. The standard InChI is InChI=1S/C71H43NO2/c1-2-16-53-45(14-1)15-13-25-66(53)72(52-34-35-57-56-19-5-10-24-64(56)71(65(57)43-52)62-22-8-3-17-54(62)55-18-4-9-23-63(55)71)51-32-28-44(29-33-51)48-38-49(46-30-36-69-60(41-46)58-20-6-11-26-67(58)73-69)40-50(39-48)47-31-37-70-61(42-47)59-21-7-12-27-68(59)74-70/h1-43H. The number of benzene rings is 12. The molecule has 74 heavy (non-hydrogen) atoms. The van der Waals surface area contributed by atoms with Crippen LogP contribution in [0.1, 0.15) is 22.3 Å². The number of fused-ring (bicyclic) bond motifs is 17. The largest absolute Gasteiger partial charge is 0.456 e. The second-order valence-electron chi connectivity index (χ2n) is 19.9. The number of rotatable bonds is 6. The van der Waals surface area contributed by atoms with Crippen LogP contribution in [0.3, 0.4) is 0 Å². The summed E-state index contributed by atoms with van der Waals surface area (Å²) in [6.07, 6.45) is 0. The molecule has 3 nitrogen and oxygen atoms in total. The van der Waals surface area contributed by atoms with Crippen molar-refractivity contribution in [2.45, 2.75) is 5.41 Å². The Hall–Kier alpha value is -9.70. The highest BCUT2D eigenvalue weighted by atomic mass is 16.3. The molecule has 2 aromatic heterocycles. The quantitative estimate of drug-likeness (QED) is 0.166. The van der Waals surface area contributed by atoms with Gasteiger partial charge in [0.15, 0.2) is 0 Å². The van der Waals surface area contributed by atoms with Gasteiger partial charge in [-0.15, -0.1) is 0 Å². The highest BCUT2D eigenvalue weighted by molar-refractivity contribution is 6.08. The summed E-state index contributed by atoms with van der Waals surface area (Å²) in [5, 5.41) is 6.84. The van der Waals surface area contributed by atoms with Crippen LogP contribution in [0.15, 0.2) is 270 Å². The van der Waals surface area contributed by atoms with Crippen LogP contribution in [-0.4, -0.2) is 0 Å². The van der Waals surface area contributed by atoms with Crippen molar-refractivity contribution in [1.82, 2.24) is 0 Å². The molecule has 2 heterocycles. The third-order valence-electron chi connectivity index (χ3n) is 16.1. The molecule has 0 radical (unpaired) electrons. The van der Waals surface area contributed by atoms with Crippen LogP contribution in [0, 0.1) is 0 Å². The van der Waals surface area contributed by atoms with E-state index in [1.807, 2.05) is 24.3 Å². The first-order valence-electron chi connectivity index (χ1n) is 25.5. The minimum atomic E-state index is -0.462. The summed E-state index contributed by atoms with van der Waals surface area (Å²) in [6, 6.07) is 95.7. The van der Waals surface area contributed by atoms with Gasteiger partial charge in [-0.1, -0.05) is 176 Å². The van der Waals surface area contributed by atoms with Gasteiger partial charge in [0.25, 0.3) is 0 Å². The number of anilines is 3. The van der Waals surface area contributed by atoms with Crippen LogP contribution in [0.4, 0.5) is 17.1 Å². The molecular weight excluding hydrogens is 899 g/mol. The SMILES string of the molecule is c1ccc2c(c1)-c1ccccc1C21c2ccccc2-c2ccc(N(c3ccc(-c4cc(-c5ccc6oc7ccccc7c6c5)cc(-c5ccc6oc7ccccc7c6c5)c4)cc3)c3cccc4ccccc34)cc21. The number of nitrogens with zero attached hydrogens (tertiary/aromatic N) is 1. The topological polar surface area (TPSA) is 29.5 Å². The lowest BCUT2D eigenvalue weighted by Gasteiger charge is -2.32. The highest BCUT2D eigenvalue weighted by Gasteiger charge is 2.51. The molecule has 16 rings (SSSR count). The third-order valence-corrected chi connectivity index (χ3v) is 16.1. The molecular formula is C71H43NO2. The maximum Gasteiger partial charge on any atom is 0.135 e. The zero-order valence-corrected chi connectivity index (χ0v) is 40.1. The molecule has 3 heteroatoms. The zero-order valence-electron chi connectivity index (χ0n) is 40.1. The highest BCUT2D eigenvalue weighted by Crippen LogP contribution is 2.63. The first-order chi connectivity index (χ1) is 36.7. The Balaban J connectivity index is 0.876. The van der Waals surface area contributed by atoms with E-state index in [1.54, 1.807) is 0 Å². The van der Waals surface area contributed by atoms with Crippen LogP contribution in [0.25, 0.3) is 110 Å². The van der Waals surface area contributed by atoms with Crippen LogP contribution < -0.4 is 4.90 Å². The Bertz CT molecular complexity index is 4430. The molecule has 0 saturated heterocycles. The fraction of sp³-hybridized carbons (Fsp3) is 0.0141. The summed E-state index contributed by atoms with van der Waals surface area (Å²) >= 11 is 0. The second-order valence-corrected chi connectivity index (χ2v) is 19.9. The molecule has 14 aromatic rings. The van der Waals surface area contributed by atoms with Crippen molar-refractivity contribution in [2.24, 2.45) is 0 Å². The lowest BCUT2D eigenvalue weighted by molar-refractivity contribution is 0.668. The fourth-order valence-electron chi connectivity index (χ4n) is 12.8. The van der Waals surface area contributed by atoms with Gasteiger partial charge in [-0.3, -0.25) is 0 Å². The monoisotopic (exact) mass is 941 g/mol. The minimum Gasteiger partial charge on any atom is -0.456 e. The van der Waals surface area contributed by atoms with Crippen molar-refractivity contribution >= 4 is 71.7 Å². The number of para-hydroxylation sites is 2. The normalized spacial score (nSPS) is 13.0. The van der Waals surface area contributed by atoms with Crippen molar-refractivity contribution in [3.8, 4) is 55.6 Å². The maximum absolute atomic E-state index is 6.29. The average Bonchev–Trinajstić information content (AvgIpc) is 4.25. The van der Waals surface area contributed by atoms with Gasteiger partial charge in [0.05, 0.1) is 11.1 Å². The summed E-state index contributed by atoms with van der Waals surface area (Å²) in [6.45, 7) is 0. The smallest absolute Gasteiger partial charge is 0.135 e. The van der Waals surface area contributed by atoms with Gasteiger partial charge in [-0.2, -0.15) is 0 Å². The van der Waals surface area contributed by atoms with E-state index >= 15 is 0 Å². The first-order valence-corrected chi connectivity index (χ1v) is 25.5. The van der Waals surface area contributed by atoms with Crippen molar-refractivity contribution in [3.63, 3.8) is 0 Å². The third kappa shape index (κ3) is 5.89. The minimum absolute atomic E-state index is 0.462. The van der Waals surface area contributed by atoms with Crippen LogP contribution in [0.2, 0.25) is 0 Å². The summed E-state index contributed by atoms with van der Waals surface area (Å²) in [5.41, 5.74) is 23.7. The van der Waals surface area contributed by atoms with Crippen LogP contribution in [0.5, 0.6) is 0 Å². The molecule has 0 atom stereocenters. The second kappa shape index (κ2) is 15.6. The summed E-state index contributed by atoms with van der Waals surface area (Å²) < 4.78 is 12.6. The van der Waals surface area contributed by atoms with Gasteiger partial charge < -0.3 is 13.7 Å². The molecule has 344 valence electrons. The number of furan rings is 2. The molecule has 0 saturated carbocycles. The van der Waals surface area contributed by atoms with Gasteiger partial charge in [0.2, 0.25) is 0 Å². The summed E-state index contributed by atoms with van der Waals surface area (Å²) in [5.74, 6) is 0. The van der Waals surface area contributed by atoms with E-state index < -0.39 is 5.41 Å². The van der Waals surface area contributed by atoms with Crippen molar-refractivity contribution in [1.29, 1.82) is 0 Å². The van der Waals surface area contributed by atoms with Gasteiger partial charge in [-0.05, 0) is 168 Å². The van der Waals surface area contributed by atoms with Gasteiger partial charge >= 0.3 is 0 Å². The van der Waals surface area contributed by atoms with E-state index in [0.29, 0.717) is 0 Å². The van der Waals surface area contributed by atoms with E-state index in [0.717, 1.165) is 94.3 Å². The Kier molecular flexibility index (Phi) is 8.66. The molecule has 2 aliphatic rings. The van der Waals surface area contributed by atoms with Crippen molar-refractivity contribution in [2.75, 3.05) is 4.90 Å². The van der Waals surface area contributed by atoms with Crippen molar-refractivity contribution < 1.29 is 8.83 Å². The molecule has 12 aromatic carbocycles. The van der Waals surface area contributed by atoms with Gasteiger partial charge in [0, 0.05) is 38.3 Å². The van der Waals surface area contributed by atoms with E-state index in [1.165, 1.54) is 55.3 Å². The van der Waals surface area contributed by atoms with Gasteiger partial charge in [0.1, 0.15) is 22.3 Å². The fourth-order valence-corrected chi connectivity index (χ4v) is 12.8. The Morgan fingerprint density at radius 1 is 0.257 bits per heavy atom. The summed E-state index contributed by atoms with van der Waals surface area (Å²) in [4.78, 5) is 2.46. The predicted octanol–water partition coefficient (Wildman–Crippen LogP) is 19.5. The molecule has 0 fully saturated rings. The van der Waals surface area contributed by atoms with E-state index in [-0.39, 0.29) is 0 Å².